The first-order valence-corrected chi connectivity index (χ1v) is 10.4. The molecule has 0 bridgehead atoms. The maximum absolute atomic E-state index is 2.27. The van der Waals surface area contributed by atoms with Crippen LogP contribution >= 0.6 is 0 Å². The third-order valence-corrected chi connectivity index (χ3v) is 5.75. The average Bonchev–Trinajstić information content (AvgIpc) is 3.14. The van der Waals surface area contributed by atoms with Gasteiger partial charge in [-0.25, -0.2) is 0 Å². The maximum Gasteiger partial charge on any atom is 4.00 e. The quantitative estimate of drug-likeness (QED) is 0.267. The van der Waals surface area contributed by atoms with Crippen molar-refractivity contribution in [3.63, 3.8) is 0 Å². The van der Waals surface area contributed by atoms with Gasteiger partial charge in [0.2, 0.25) is 0 Å². The van der Waals surface area contributed by atoms with E-state index in [1.165, 1.54) is 50.1 Å². The van der Waals surface area contributed by atoms with Crippen molar-refractivity contribution < 1.29 is 55.8 Å². The summed E-state index contributed by atoms with van der Waals surface area (Å²) in [5.41, 5.74) is 11.6. The van der Waals surface area contributed by atoms with E-state index in [2.05, 4.69) is 128 Å². The first kappa shape index (κ1) is 29.7. The fourth-order valence-corrected chi connectivity index (χ4v) is 4.47. The van der Waals surface area contributed by atoms with Crippen LogP contribution in [0.4, 0.5) is 0 Å². The van der Waals surface area contributed by atoms with Gasteiger partial charge in [0, 0.05) is 0 Å². The minimum absolute atomic E-state index is 0. The molecule has 0 aliphatic carbocycles. The Morgan fingerprint density at radius 3 is 0.882 bits per heavy atom. The van der Waals surface area contributed by atoms with Gasteiger partial charge in [0.1, 0.15) is 0 Å². The number of halogens is 3. The minimum Gasteiger partial charge on any atom is -1.00 e. The third kappa shape index (κ3) is 5.66. The second-order valence-corrected chi connectivity index (χ2v) is 7.59. The van der Waals surface area contributed by atoms with Crippen LogP contribution in [0.15, 0.2) is 121 Å². The topological polar surface area (TPSA) is 0 Å². The molecule has 0 fully saturated rings. The molecule has 169 valence electrons. The zero-order valence-electron chi connectivity index (χ0n) is 18.6. The van der Waals surface area contributed by atoms with Gasteiger partial charge in [-0.05, 0) is 0 Å². The molecule has 0 atom stereocenters. The van der Waals surface area contributed by atoms with E-state index >= 15 is 0 Å². The van der Waals surface area contributed by atoms with Gasteiger partial charge in [-0.1, -0.05) is 151 Å². The van der Waals surface area contributed by atoms with Gasteiger partial charge in [0.15, 0.2) is 0 Å². The molecule has 0 amide bonds. The van der Waals surface area contributed by atoms with Crippen LogP contribution in [0.2, 0.25) is 0 Å². The van der Waals surface area contributed by atoms with Crippen LogP contribution in [0.5, 0.6) is 0 Å². The van der Waals surface area contributed by atoms with E-state index in [0.717, 1.165) is 0 Å². The molecule has 0 aliphatic rings. The van der Waals surface area contributed by atoms with Crippen LogP contribution in [-0.4, -0.2) is 0 Å². The number of hydrogen-bond donors (Lipinski definition) is 0. The fourth-order valence-electron chi connectivity index (χ4n) is 4.47. The largest absolute Gasteiger partial charge is 4.00 e. The number of benzene rings is 4. The van der Waals surface area contributed by atoms with Crippen LogP contribution in [0, 0.1) is 6.92 Å². The van der Waals surface area contributed by atoms with Gasteiger partial charge in [-0.3, -0.25) is 0 Å². The summed E-state index contributed by atoms with van der Waals surface area (Å²) in [5.74, 6) is 0. The van der Waals surface area contributed by atoms with Crippen molar-refractivity contribution in [2.24, 2.45) is 0 Å². The molecule has 1 radical (unpaired) electrons. The van der Waals surface area contributed by atoms with Crippen molar-refractivity contribution >= 4 is 0 Å². The van der Waals surface area contributed by atoms with Gasteiger partial charge >= 0.3 is 18.6 Å². The minimum atomic E-state index is 0. The molecule has 0 unspecified atom stereocenters. The summed E-state index contributed by atoms with van der Waals surface area (Å²) in [6, 6.07) is 43.1. The summed E-state index contributed by atoms with van der Waals surface area (Å²) >= 11 is 0. The number of rotatable bonds is 4. The summed E-state index contributed by atoms with van der Waals surface area (Å²) < 4.78 is 0. The number of hydrogen-bond acceptors (Lipinski definition) is 0. The van der Waals surface area contributed by atoms with Crippen LogP contribution < -0.4 is 37.2 Å². The Morgan fingerprint density at radius 2 is 0.618 bits per heavy atom. The molecule has 5 rings (SSSR count). The Balaban J connectivity index is 0.00000144. The van der Waals surface area contributed by atoms with Crippen molar-refractivity contribution in [3.05, 3.63) is 127 Å². The molecule has 0 nitrogen and oxygen atoms in total. The predicted octanol–water partition coefficient (Wildman–Crippen LogP) is -0.609. The first-order valence-electron chi connectivity index (χ1n) is 10.4. The zero-order chi connectivity index (χ0) is 20.3. The predicted molar refractivity (Wildman–Crippen MR) is 129 cm³/mol. The van der Waals surface area contributed by atoms with Crippen molar-refractivity contribution in [1.82, 2.24) is 0 Å². The summed E-state index contributed by atoms with van der Waals surface area (Å²) in [5, 5.41) is 0. The molecule has 0 saturated heterocycles. The SMILES string of the molecule is C[c-]1c(-c2ccccc2)c(-c2ccccc2)c(-c2ccccc2)c1-c1ccccc1.[Cl-].[Cl-].[Cl-].[V+4]. The van der Waals surface area contributed by atoms with Gasteiger partial charge in [0.25, 0.3) is 0 Å². The third-order valence-electron chi connectivity index (χ3n) is 5.75. The van der Waals surface area contributed by atoms with Crippen molar-refractivity contribution in [2.45, 2.75) is 6.92 Å². The summed E-state index contributed by atoms with van der Waals surface area (Å²) in [7, 11) is 0. The van der Waals surface area contributed by atoms with E-state index in [1.807, 2.05) is 0 Å². The Bertz CT molecular complexity index is 1170. The molecular formula is C30H23Cl3V. The van der Waals surface area contributed by atoms with Gasteiger partial charge < -0.3 is 37.2 Å². The molecule has 0 N–H and O–H groups in total. The van der Waals surface area contributed by atoms with Gasteiger partial charge in [-0.2, -0.15) is 0 Å². The van der Waals surface area contributed by atoms with Crippen molar-refractivity contribution in [2.75, 3.05) is 0 Å². The monoisotopic (exact) mass is 539 g/mol. The Morgan fingerprint density at radius 1 is 0.382 bits per heavy atom. The second kappa shape index (κ2) is 13.5. The Hall–Kier alpha value is -2.32. The Labute approximate surface area is 232 Å². The van der Waals surface area contributed by atoms with Gasteiger partial charge in [-0.15, -0.1) is 27.8 Å². The molecular weight excluding hydrogens is 518 g/mol. The molecule has 0 saturated carbocycles. The van der Waals surface area contributed by atoms with E-state index < -0.39 is 0 Å². The van der Waals surface area contributed by atoms with E-state index in [9.17, 15) is 0 Å². The standard InChI is InChI=1S/C30H23.3ClH.V/c1-22-27(23-14-6-2-7-15-23)29(25-18-10-4-11-19-25)30(26-20-12-5-13-21-26)28(22)24-16-8-3-9-17-24;;;;/h2-21H,1H3;3*1H;/q-1;;;;+4/p-3. The molecule has 5 aromatic carbocycles. The smallest absolute Gasteiger partial charge is 1.00 e. The average molecular weight is 541 g/mol. The van der Waals surface area contributed by atoms with Crippen molar-refractivity contribution in [1.29, 1.82) is 0 Å². The van der Waals surface area contributed by atoms with Crippen LogP contribution in [-0.2, 0) is 18.6 Å². The zero-order valence-corrected chi connectivity index (χ0v) is 22.3. The van der Waals surface area contributed by atoms with Crippen LogP contribution in [0.1, 0.15) is 5.56 Å². The summed E-state index contributed by atoms with van der Waals surface area (Å²) in [4.78, 5) is 0. The first-order chi connectivity index (χ1) is 14.8. The maximum atomic E-state index is 2.27. The van der Waals surface area contributed by atoms with E-state index in [0.29, 0.717) is 0 Å². The van der Waals surface area contributed by atoms with E-state index in [4.69, 9.17) is 0 Å². The molecule has 0 aromatic heterocycles. The molecule has 34 heavy (non-hydrogen) atoms. The molecule has 0 aliphatic heterocycles. The summed E-state index contributed by atoms with van der Waals surface area (Å²) in [6.45, 7) is 2.27. The molecule has 0 spiro atoms. The van der Waals surface area contributed by atoms with Crippen LogP contribution in [0.3, 0.4) is 0 Å². The van der Waals surface area contributed by atoms with E-state index in [1.54, 1.807) is 0 Å². The fraction of sp³-hybridized carbons (Fsp3) is 0.0333. The summed E-state index contributed by atoms with van der Waals surface area (Å²) in [6.07, 6.45) is 0. The molecule has 5 aromatic rings. The van der Waals surface area contributed by atoms with Crippen molar-refractivity contribution in [3.8, 4) is 44.5 Å². The van der Waals surface area contributed by atoms with Gasteiger partial charge in [0.05, 0.1) is 0 Å². The Kier molecular flexibility index (Phi) is 11.8. The second-order valence-electron chi connectivity index (χ2n) is 7.59. The molecule has 4 heteroatoms. The van der Waals surface area contributed by atoms with Crippen LogP contribution in [0.25, 0.3) is 44.5 Å². The van der Waals surface area contributed by atoms with E-state index in [-0.39, 0.29) is 55.8 Å². The normalized spacial score (nSPS) is 9.56. The molecule has 0 heterocycles.